The number of H-pyrrole nitrogens is 1. The van der Waals surface area contributed by atoms with Gasteiger partial charge in [0.2, 0.25) is 0 Å². The second-order valence-electron chi connectivity index (χ2n) is 6.08. The molecule has 2 heterocycles. The highest BCUT2D eigenvalue weighted by Crippen LogP contribution is 2.36. The van der Waals surface area contributed by atoms with Crippen LogP contribution in [-0.4, -0.2) is 24.7 Å². The number of carbonyl (C=O) groups is 1. The molecule has 0 saturated heterocycles. The molecule has 0 aliphatic rings. The predicted molar refractivity (Wildman–Crippen MR) is 102 cm³/mol. The van der Waals surface area contributed by atoms with E-state index in [0.717, 1.165) is 0 Å². The Morgan fingerprint density at radius 2 is 2.00 bits per heavy atom. The minimum Gasteiger partial charge on any atom is -0.494 e. The van der Waals surface area contributed by atoms with Gasteiger partial charge in [-0.3, -0.25) is 4.79 Å². The molecule has 0 aliphatic carbocycles. The van der Waals surface area contributed by atoms with Gasteiger partial charge in [0.15, 0.2) is 17.1 Å². The van der Waals surface area contributed by atoms with Gasteiger partial charge in [-0.05, 0) is 36.8 Å². The summed E-state index contributed by atoms with van der Waals surface area (Å²) < 4.78 is 30.3. The summed E-state index contributed by atoms with van der Waals surface area (Å²) in [5.74, 6) is -1.39. The number of carbonyl (C=O) groups excluding carboxylic acids is 1. The van der Waals surface area contributed by atoms with Gasteiger partial charge in [0.05, 0.1) is 19.2 Å². The van der Waals surface area contributed by atoms with E-state index in [1.54, 1.807) is 31.2 Å². The van der Waals surface area contributed by atoms with E-state index in [4.69, 9.17) is 13.9 Å². The molecule has 0 radical (unpaired) electrons. The zero-order chi connectivity index (χ0) is 19.8. The number of fused-ring (bicyclic) bond motifs is 3. The number of hydrogen-bond donors (Lipinski definition) is 1. The van der Waals surface area contributed by atoms with Crippen LogP contribution in [0, 0.1) is 5.82 Å². The monoisotopic (exact) mass is 381 g/mol. The number of benzene rings is 2. The van der Waals surface area contributed by atoms with Crippen LogP contribution in [0.1, 0.15) is 17.3 Å². The van der Waals surface area contributed by atoms with Gasteiger partial charge in [0.25, 0.3) is 5.56 Å². The summed E-state index contributed by atoms with van der Waals surface area (Å²) in [5, 5.41) is 0.681. The first-order valence-electron chi connectivity index (χ1n) is 8.63. The maximum atomic E-state index is 14.4. The summed E-state index contributed by atoms with van der Waals surface area (Å²) in [4.78, 5) is 28.0. The fourth-order valence-corrected chi connectivity index (χ4v) is 3.24. The number of pyridine rings is 1. The standard InChI is InChI=1S/C21H16FNO5/c1-3-27-21(25)17-16(11-8-9-15(26-2)13(22)10-11)19-18(23-20(17)24)12-6-4-5-7-14(12)28-19/h4-10H,3H2,1-2H3,(H,23,24). The van der Waals surface area contributed by atoms with E-state index in [-0.39, 0.29) is 29.1 Å². The highest BCUT2D eigenvalue weighted by atomic mass is 19.1. The van der Waals surface area contributed by atoms with E-state index in [1.807, 2.05) is 6.07 Å². The quantitative estimate of drug-likeness (QED) is 0.534. The number of ether oxygens (including phenoxy) is 2. The van der Waals surface area contributed by atoms with Crippen LogP contribution in [0.5, 0.6) is 5.75 Å². The molecule has 1 N–H and O–H groups in total. The summed E-state index contributed by atoms with van der Waals surface area (Å²) in [6.45, 7) is 1.73. The average molecular weight is 381 g/mol. The predicted octanol–water partition coefficient (Wildman–Crippen LogP) is 4.27. The van der Waals surface area contributed by atoms with Crippen LogP contribution < -0.4 is 10.3 Å². The van der Waals surface area contributed by atoms with Crippen LogP contribution in [-0.2, 0) is 4.74 Å². The molecule has 0 fully saturated rings. The molecule has 0 amide bonds. The molecule has 28 heavy (non-hydrogen) atoms. The largest absolute Gasteiger partial charge is 0.494 e. The first-order valence-corrected chi connectivity index (χ1v) is 8.63. The molecular weight excluding hydrogens is 365 g/mol. The maximum Gasteiger partial charge on any atom is 0.344 e. The molecule has 0 bridgehead atoms. The number of para-hydroxylation sites is 1. The molecule has 0 saturated carbocycles. The number of furan rings is 1. The number of rotatable bonds is 4. The highest BCUT2D eigenvalue weighted by molar-refractivity contribution is 6.12. The van der Waals surface area contributed by atoms with Crippen molar-refractivity contribution in [3.05, 3.63) is 64.2 Å². The van der Waals surface area contributed by atoms with Crippen LogP contribution in [0.25, 0.3) is 33.2 Å². The number of aromatic nitrogens is 1. The molecule has 2 aromatic carbocycles. The summed E-state index contributed by atoms with van der Waals surface area (Å²) >= 11 is 0. The molecule has 0 spiro atoms. The van der Waals surface area contributed by atoms with Crippen molar-refractivity contribution in [3.8, 4) is 16.9 Å². The maximum absolute atomic E-state index is 14.4. The Bertz CT molecular complexity index is 1270. The summed E-state index contributed by atoms with van der Waals surface area (Å²) in [7, 11) is 1.35. The molecular formula is C21H16FNO5. The number of esters is 1. The molecule has 0 unspecified atom stereocenters. The van der Waals surface area contributed by atoms with Gasteiger partial charge in [-0.1, -0.05) is 18.2 Å². The molecule has 4 rings (SSSR count). The van der Waals surface area contributed by atoms with Crippen LogP contribution in [0.4, 0.5) is 4.39 Å². The zero-order valence-electron chi connectivity index (χ0n) is 15.2. The fourth-order valence-electron chi connectivity index (χ4n) is 3.24. The third-order valence-electron chi connectivity index (χ3n) is 4.46. The fraction of sp³-hybridized carbons (Fsp3) is 0.143. The normalized spacial score (nSPS) is 11.1. The highest BCUT2D eigenvalue weighted by Gasteiger charge is 2.25. The lowest BCUT2D eigenvalue weighted by atomic mass is 9.99. The average Bonchev–Trinajstić information content (AvgIpc) is 3.05. The van der Waals surface area contributed by atoms with Gasteiger partial charge >= 0.3 is 5.97 Å². The Morgan fingerprint density at radius 3 is 2.71 bits per heavy atom. The van der Waals surface area contributed by atoms with Gasteiger partial charge in [0, 0.05) is 10.9 Å². The van der Waals surface area contributed by atoms with Gasteiger partial charge < -0.3 is 18.9 Å². The van der Waals surface area contributed by atoms with Crippen molar-refractivity contribution in [2.24, 2.45) is 0 Å². The Kier molecular flexibility index (Phi) is 4.35. The summed E-state index contributed by atoms with van der Waals surface area (Å²) in [6.07, 6.45) is 0. The van der Waals surface area contributed by atoms with Crippen molar-refractivity contribution in [1.29, 1.82) is 0 Å². The molecule has 142 valence electrons. The molecule has 0 aliphatic heterocycles. The Hall–Kier alpha value is -3.61. The van der Waals surface area contributed by atoms with E-state index < -0.39 is 17.3 Å². The van der Waals surface area contributed by atoms with Crippen LogP contribution in [0.2, 0.25) is 0 Å². The van der Waals surface area contributed by atoms with Crippen molar-refractivity contribution in [2.75, 3.05) is 13.7 Å². The minimum absolute atomic E-state index is 0.0483. The first-order chi connectivity index (χ1) is 13.5. The van der Waals surface area contributed by atoms with Crippen molar-refractivity contribution >= 4 is 28.0 Å². The Labute approximate surface area is 158 Å². The lowest BCUT2D eigenvalue weighted by molar-refractivity contribution is 0.0525. The van der Waals surface area contributed by atoms with Crippen molar-refractivity contribution in [1.82, 2.24) is 4.98 Å². The third kappa shape index (κ3) is 2.72. The van der Waals surface area contributed by atoms with Crippen molar-refractivity contribution in [2.45, 2.75) is 6.92 Å². The number of aromatic amines is 1. The summed E-state index contributed by atoms with van der Waals surface area (Å²) in [5.41, 5.74) is 0.839. The molecule has 7 heteroatoms. The first kappa shape index (κ1) is 17.8. The zero-order valence-corrected chi connectivity index (χ0v) is 15.2. The number of nitrogens with one attached hydrogen (secondary N) is 1. The van der Waals surface area contributed by atoms with E-state index in [9.17, 15) is 14.0 Å². The lowest BCUT2D eigenvalue weighted by Gasteiger charge is -2.10. The number of methoxy groups -OCH3 is 1. The number of hydrogen-bond acceptors (Lipinski definition) is 5. The van der Waals surface area contributed by atoms with Gasteiger partial charge in [-0.15, -0.1) is 0 Å². The Morgan fingerprint density at radius 1 is 1.21 bits per heavy atom. The smallest absolute Gasteiger partial charge is 0.344 e. The molecule has 4 aromatic rings. The van der Waals surface area contributed by atoms with E-state index in [2.05, 4.69) is 4.98 Å². The van der Waals surface area contributed by atoms with E-state index in [1.165, 1.54) is 19.2 Å². The lowest BCUT2D eigenvalue weighted by Crippen LogP contribution is -2.21. The minimum atomic E-state index is -0.808. The molecule has 2 aromatic heterocycles. The molecule has 0 atom stereocenters. The van der Waals surface area contributed by atoms with Crippen LogP contribution >= 0.6 is 0 Å². The Balaban J connectivity index is 2.13. The van der Waals surface area contributed by atoms with Crippen LogP contribution in [0.15, 0.2) is 51.7 Å². The van der Waals surface area contributed by atoms with Gasteiger partial charge in [-0.2, -0.15) is 0 Å². The van der Waals surface area contributed by atoms with Gasteiger partial charge in [0.1, 0.15) is 11.1 Å². The van der Waals surface area contributed by atoms with Crippen molar-refractivity contribution < 1.29 is 23.1 Å². The van der Waals surface area contributed by atoms with E-state index in [0.29, 0.717) is 22.0 Å². The SMILES string of the molecule is CCOC(=O)c1c(-c2ccc(OC)c(F)c2)c2oc3ccccc3c2[nH]c1=O. The van der Waals surface area contributed by atoms with Gasteiger partial charge in [-0.25, -0.2) is 9.18 Å². The van der Waals surface area contributed by atoms with Crippen LogP contribution in [0.3, 0.4) is 0 Å². The number of halogens is 1. The third-order valence-corrected chi connectivity index (χ3v) is 4.46. The second kappa shape index (κ2) is 6.84. The summed E-state index contributed by atoms with van der Waals surface area (Å²) in [6, 6.07) is 11.3. The van der Waals surface area contributed by atoms with Crippen molar-refractivity contribution in [3.63, 3.8) is 0 Å². The molecule has 6 nitrogen and oxygen atoms in total. The van der Waals surface area contributed by atoms with E-state index >= 15 is 0 Å². The topological polar surface area (TPSA) is 81.5 Å². The second-order valence-corrected chi connectivity index (χ2v) is 6.08.